The van der Waals surface area contributed by atoms with E-state index in [1.54, 1.807) is 0 Å². The highest BCUT2D eigenvalue weighted by atomic mass is 19.1. The molecule has 0 heterocycles. The topological polar surface area (TPSA) is 0 Å². The molecule has 0 spiro atoms. The highest BCUT2D eigenvalue weighted by Crippen LogP contribution is 2.13. The Labute approximate surface area is 131 Å². The van der Waals surface area contributed by atoms with Crippen LogP contribution in [0.3, 0.4) is 0 Å². The first-order chi connectivity index (χ1) is 10.4. The third-order valence-corrected chi connectivity index (χ3v) is 4.19. The van der Waals surface area contributed by atoms with Crippen molar-refractivity contribution in [3.8, 4) is 0 Å². The fraction of sp³-hybridized carbons (Fsp3) is 0.700. The number of hydrogen-bond donors (Lipinski definition) is 0. The smallest absolute Gasteiger partial charge is 0.0894 e. The molecular weight excluding hydrogens is 259 g/mol. The zero-order chi connectivity index (χ0) is 15.0. The molecule has 21 heavy (non-hydrogen) atoms. The molecule has 0 N–H and O–H groups in total. The van der Waals surface area contributed by atoms with Crippen molar-refractivity contribution in [2.45, 2.75) is 83.5 Å². The first-order valence-corrected chi connectivity index (χ1v) is 9.03. The number of unbranched alkanes of at least 4 members (excludes halogenated alkanes) is 11. The molecule has 0 radical (unpaired) electrons. The van der Waals surface area contributed by atoms with Gasteiger partial charge >= 0.3 is 0 Å². The number of hydrogen-bond acceptors (Lipinski definition) is 0. The van der Waals surface area contributed by atoms with Crippen molar-refractivity contribution in [3.63, 3.8) is 0 Å². The van der Waals surface area contributed by atoms with E-state index in [4.69, 9.17) is 0 Å². The summed E-state index contributed by atoms with van der Waals surface area (Å²) in [4.78, 5) is 0. The highest BCUT2D eigenvalue weighted by Gasteiger charge is 1.95. The molecule has 0 saturated heterocycles. The molecule has 0 saturated carbocycles. The van der Waals surface area contributed by atoms with Gasteiger partial charge in [-0.3, -0.25) is 4.39 Å². The second kappa shape index (κ2) is 14.1. The standard InChI is InChI=1S/C20H33F/c21-19-15-10-8-6-4-2-1-3-5-7-9-12-16-20-17-13-11-14-18-20/h11,13-14,17-18H,1-10,12,15-16,19H2. The average molecular weight is 292 g/mol. The molecule has 0 aromatic heterocycles. The monoisotopic (exact) mass is 292 g/mol. The Kier molecular flexibility index (Phi) is 12.2. The average Bonchev–Trinajstić information content (AvgIpc) is 2.53. The molecule has 0 unspecified atom stereocenters. The van der Waals surface area contributed by atoms with Crippen molar-refractivity contribution in [1.82, 2.24) is 0 Å². The molecule has 0 aliphatic rings. The van der Waals surface area contributed by atoms with Crippen LogP contribution < -0.4 is 0 Å². The molecule has 0 atom stereocenters. The van der Waals surface area contributed by atoms with Crippen molar-refractivity contribution in [3.05, 3.63) is 35.9 Å². The van der Waals surface area contributed by atoms with Crippen LogP contribution in [0.4, 0.5) is 4.39 Å². The normalized spacial score (nSPS) is 10.9. The van der Waals surface area contributed by atoms with E-state index in [9.17, 15) is 4.39 Å². The van der Waals surface area contributed by atoms with Crippen LogP contribution in [-0.2, 0) is 6.42 Å². The maximum absolute atomic E-state index is 11.9. The number of alkyl halides is 1. The molecule has 1 aromatic carbocycles. The summed E-state index contributed by atoms with van der Waals surface area (Å²) in [7, 11) is 0. The van der Waals surface area contributed by atoms with Crippen LogP contribution in [-0.4, -0.2) is 6.67 Å². The van der Waals surface area contributed by atoms with Crippen molar-refractivity contribution >= 4 is 0 Å². The predicted octanol–water partition coefficient (Wildman–Crippen LogP) is 6.88. The Morgan fingerprint density at radius 2 is 0.952 bits per heavy atom. The Morgan fingerprint density at radius 3 is 1.43 bits per heavy atom. The zero-order valence-corrected chi connectivity index (χ0v) is 13.7. The third kappa shape index (κ3) is 11.5. The minimum Gasteiger partial charge on any atom is -0.251 e. The number of halogens is 1. The summed E-state index contributed by atoms with van der Waals surface area (Å²) >= 11 is 0. The summed E-state index contributed by atoms with van der Waals surface area (Å²) in [6.45, 7) is -0.135. The van der Waals surface area contributed by atoms with Gasteiger partial charge in [0.15, 0.2) is 0 Å². The van der Waals surface area contributed by atoms with Crippen LogP contribution in [0.1, 0.15) is 82.6 Å². The van der Waals surface area contributed by atoms with E-state index < -0.39 is 0 Å². The molecule has 0 fully saturated rings. The van der Waals surface area contributed by atoms with Crippen LogP contribution in [0.5, 0.6) is 0 Å². The molecule has 0 amide bonds. The Morgan fingerprint density at radius 1 is 0.524 bits per heavy atom. The van der Waals surface area contributed by atoms with E-state index in [0.29, 0.717) is 0 Å². The van der Waals surface area contributed by atoms with Gasteiger partial charge in [0.25, 0.3) is 0 Å². The van der Waals surface area contributed by atoms with Gasteiger partial charge in [-0.15, -0.1) is 0 Å². The first kappa shape index (κ1) is 18.2. The molecular formula is C20H33F. The number of benzene rings is 1. The molecule has 1 rings (SSSR count). The van der Waals surface area contributed by atoms with Gasteiger partial charge in [-0.25, -0.2) is 0 Å². The van der Waals surface area contributed by atoms with E-state index in [1.807, 2.05) is 0 Å². The Bertz CT molecular complexity index is 307. The minimum atomic E-state index is -0.135. The first-order valence-electron chi connectivity index (χ1n) is 9.03. The summed E-state index contributed by atoms with van der Waals surface area (Å²) in [6.07, 6.45) is 16.6. The van der Waals surface area contributed by atoms with Gasteiger partial charge in [0.1, 0.15) is 0 Å². The van der Waals surface area contributed by atoms with Crippen molar-refractivity contribution in [2.24, 2.45) is 0 Å². The largest absolute Gasteiger partial charge is 0.251 e. The molecule has 0 aliphatic heterocycles. The maximum atomic E-state index is 11.9. The molecule has 1 aromatic rings. The zero-order valence-electron chi connectivity index (χ0n) is 13.7. The van der Waals surface area contributed by atoms with Gasteiger partial charge < -0.3 is 0 Å². The van der Waals surface area contributed by atoms with E-state index in [2.05, 4.69) is 30.3 Å². The highest BCUT2D eigenvalue weighted by molar-refractivity contribution is 5.14. The minimum absolute atomic E-state index is 0.135. The summed E-state index contributed by atoms with van der Waals surface area (Å²) < 4.78 is 11.9. The second-order valence-corrected chi connectivity index (χ2v) is 6.17. The predicted molar refractivity (Wildman–Crippen MR) is 91.5 cm³/mol. The molecule has 0 nitrogen and oxygen atoms in total. The van der Waals surface area contributed by atoms with Crippen molar-refractivity contribution in [1.29, 1.82) is 0 Å². The SMILES string of the molecule is FCCCCCCCCCCCCCCc1ccccc1. The molecule has 120 valence electrons. The van der Waals surface area contributed by atoms with Gasteiger partial charge in [-0.05, 0) is 24.8 Å². The lowest BCUT2D eigenvalue weighted by molar-refractivity contribution is 0.448. The van der Waals surface area contributed by atoms with Crippen LogP contribution in [0, 0.1) is 0 Å². The van der Waals surface area contributed by atoms with Crippen molar-refractivity contribution in [2.75, 3.05) is 6.67 Å². The number of aryl methyl sites for hydroxylation is 1. The fourth-order valence-corrected chi connectivity index (χ4v) is 2.84. The summed E-state index contributed by atoms with van der Waals surface area (Å²) in [5.41, 5.74) is 1.48. The fourth-order valence-electron chi connectivity index (χ4n) is 2.84. The number of rotatable bonds is 14. The van der Waals surface area contributed by atoms with E-state index in [0.717, 1.165) is 12.8 Å². The van der Waals surface area contributed by atoms with E-state index in [1.165, 1.54) is 76.2 Å². The lowest BCUT2D eigenvalue weighted by atomic mass is 10.0. The lowest BCUT2D eigenvalue weighted by Crippen LogP contribution is -1.86. The van der Waals surface area contributed by atoms with Gasteiger partial charge in [0, 0.05) is 0 Å². The summed E-state index contributed by atoms with van der Waals surface area (Å²) in [6, 6.07) is 10.8. The van der Waals surface area contributed by atoms with E-state index >= 15 is 0 Å². The second-order valence-electron chi connectivity index (χ2n) is 6.17. The van der Waals surface area contributed by atoms with Gasteiger partial charge in [0.05, 0.1) is 6.67 Å². The summed E-state index contributed by atoms with van der Waals surface area (Å²) in [5, 5.41) is 0. The Hall–Kier alpha value is -0.850. The van der Waals surface area contributed by atoms with Crippen LogP contribution >= 0.6 is 0 Å². The van der Waals surface area contributed by atoms with Gasteiger partial charge in [0.2, 0.25) is 0 Å². The molecule has 1 heteroatoms. The van der Waals surface area contributed by atoms with Crippen molar-refractivity contribution < 1.29 is 4.39 Å². The van der Waals surface area contributed by atoms with E-state index in [-0.39, 0.29) is 6.67 Å². The van der Waals surface area contributed by atoms with Crippen LogP contribution in [0.2, 0.25) is 0 Å². The third-order valence-electron chi connectivity index (χ3n) is 4.19. The Balaban J connectivity index is 1.75. The van der Waals surface area contributed by atoms with Gasteiger partial charge in [-0.1, -0.05) is 94.5 Å². The molecule has 0 aliphatic carbocycles. The quantitative estimate of drug-likeness (QED) is 0.328. The van der Waals surface area contributed by atoms with Gasteiger partial charge in [-0.2, -0.15) is 0 Å². The van der Waals surface area contributed by atoms with Crippen LogP contribution in [0.15, 0.2) is 30.3 Å². The van der Waals surface area contributed by atoms with Crippen LogP contribution in [0.25, 0.3) is 0 Å². The lowest BCUT2D eigenvalue weighted by Gasteiger charge is -2.03. The maximum Gasteiger partial charge on any atom is 0.0894 e. The summed E-state index contributed by atoms with van der Waals surface area (Å²) in [5.74, 6) is 0. The molecule has 0 bridgehead atoms.